The highest BCUT2D eigenvalue weighted by Crippen LogP contribution is 2.33. The lowest BCUT2D eigenvalue weighted by Gasteiger charge is -2.23. The van der Waals surface area contributed by atoms with Crippen LogP contribution in [-0.2, 0) is 11.3 Å². The average molecular weight is 344 g/mol. The standard InChI is InChI=1S/C17H20N4O2S/c1-11-5-6-16(24-11)17(23)21-7-3-4-15(21)14-10-18-8-13(20-14)9-19-12(2)22/h5-6,8,10,15H,3-4,7,9H2,1-2H3,(H,19,22). The molecule has 6 nitrogen and oxygen atoms in total. The lowest BCUT2D eigenvalue weighted by Crippen LogP contribution is -2.30. The number of aryl methyl sites for hydroxylation is 1. The van der Waals surface area contributed by atoms with Crippen molar-refractivity contribution in [3.63, 3.8) is 0 Å². The second-order valence-corrected chi connectivity index (χ2v) is 7.20. The monoisotopic (exact) mass is 344 g/mol. The van der Waals surface area contributed by atoms with Gasteiger partial charge in [0, 0.05) is 18.3 Å². The van der Waals surface area contributed by atoms with Gasteiger partial charge in [0.2, 0.25) is 5.91 Å². The van der Waals surface area contributed by atoms with Gasteiger partial charge in [-0.1, -0.05) is 0 Å². The van der Waals surface area contributed by atoms with E-state index in [0.29, 0.717) is 12.2 Å². The summed E-state index contributed by atoms with van der Waals surface area (Å²) in [6, 6.07) is 3.80. The number of thiophene rings is 1. The molecule has 3 heterocycles. The van der Waals surface area contributed by atoms with Crippen molar-refractivity contribution in [2.45, 2.75) is 39.3 Å². The Morgan fingerprint density at radius 2 is 2.21 bits per heavy atom. The fourth-order valence-corrected chi connectivity index (χ4v) is 3.72. The molecule has 2 aromatic rings. The summed E-state index contributed by atoms with van der Waals surface area (Å²) in [5.74, 6) is -0.0439. The van der Waals surface area contributed by atoms with E-state index in [1.807, 2.05) is 24.0 Å². The Hall–Kier alpha value is -2.28. The Morgan fingerprint density at radius 3 is 2.92 bits per heavy atom. The van der Waals surface area contributed by atoms with Gasteiger partial charge in [-0.25, -0.2) is 0 Å². The lowest BCUT2D eigenvalue weighted by molar-refractivity contribution is -0.119. The predicted molar refractivity (Wildman–Crippen MR) is 91.6 cm³/mol. The van der Waals surface area contributed by atoms with Gasteiger partial charge in [0.15, 0.2) is 0 Å². The van der Waals surface area contributed by atoms with Gasteiger partial charge in [0.1, 0.15) is 0 Å². The molecular formula is C17H20N4O2S. The van der Waals surface area contributed by atoms with Crippen molar-refractivity contribution in [3.8, 4) is 0 Å². The topological polar surface area (TPSA) is 75.2 Å². The first-order valence-electron chi connectivity index (χ1n) is 7.97. The van der Waals surface area contributed by atoms with E-state index in [4.69, 9.17) is 0 Å². The summed E-state index contributed by atoms with van der Waals surface area (Å²) >= 11 is 1.52. The molecule has 0 bridgehead atoms. The summed E-state index contributed by atoms with van der Waals surface area (Å²) in [4.78, 5) is 36.4. The van der Waals surface area contributed by atoms with Crippen molar-refractivity contribution >= 4 is 23.2 Å². The summed E-state index contributed by atoms with van der Waals surface area (Å²) in [7, 11) is 0. The van der Waals surface area contributed by atoms with E-state index in [0.717, 1.165) is 34.8 Å². The summed E-state index contributed by atoms with van der Waals surface area (Å²) in [5.41, 5.74) is 1.49. The Morgan fingerprint density at radius 1 is 1.38 bits per heavy atom. The van der Waals surface area contributed by atoms with Crippen LogP contribution >= 0.6 is 11.3 Å². The van der Waals surface area contributed by atoms with Crippen LogP contribution in [0, 0.1) is 6.92 Å². The van der Waals surface area contributed by atoms with Gasteiger partial charge in [-0.15, -0.1) is 11.3 Å². The van der Waals surface area contributed by atoms with Crippen LogP contribution in [0.3, 0.4) is 0 Å². The van der Waals surface area contributed by atoms with E-state index in [9.17, 15) is 9.59 Å². The SMILES string of the molecule is CC(=O)NCc1cncc(C2CCCN2C(=O)c2ccc(C)s2)n1. The van der Waals surface area contributed by atoms with E-state index < -0.39 is 0 Å². The van der Waals surface area contributed by atoms with E-state index in [1.165, 1.54) is 18.3 Å². The number of hydrogen-bond donors (Lipinski definition) is 1. The lowest BCUT2D eigenvalue weighted by atomic mass is 10.1. The second kappa shape index (κ2) is 7.09. The fraction of sp³-hybridized carbons (Fsp3) is 0.412. The van der Waals surface area contributed by atoms with Gasteiger partial charge in [-0.05, 0) is 31.9 Å². The molecule has 1 N–H and O–H groups in total. The zero-order chi connectivity index (χ0) is 17.1. The number of nitrogens with zero attached hydrogens (tertiary/aromatic N) is 3. The molecule has 2 aromatic heterocycles. The zero-order valence-electron chi connectivity index (χ0n) is 13.8. The van der Waals surface area contributed by atoms with Gasteiger partial charge in [-0.3, -0.25) is 19.6 Å². The zero-order valence-corrected chi connectivity index (χ0v) is 14.6. The van der Waals surface area contributed by atoms with Gasteiger partial charge >= 0.3 is 0 Å². The quantitative estimate of drug-likeness (QED) is 0.924. The first-order valence-corrected chi connectivity index (χ1v) is 8.79. The number of carbonyl (C=O) groups excluding carboxylic acids is 2. The molecule has 0 saturated carbocycles. The summed E-state index contributed by atoms with van der Waals surface area (Å²) in [6.45, 7) is 4.55. The third kappa shape index (κ3) is 3.62. The molecule has 0 aromatic carbocycles. The number of aromatic nitrogens is 2. The highest BCUT2D eigenvalue weighted by Gasteiger charge is 2.32. The molecule has 1 saturated heterocycles. The van der Waals surface area contributed by atoms with Gasteiger partial charge in [0.25, 0.3) is 5.91 Å². The molecule has 0 radical (unpaired) electrons. The number of nitrogens with one attached hydrogen (secondary N) is 1. The van der Waals surface area contributed by atoms with Crippen LogP contribution in [0.4, 0.5) is 0 Å². The van der Waals surface area contributed by atoms with Crippen LogP contribution in [0.15, 0.2) is 24.5 Å². The number of rotatable bonds is 4. The molecule has 1 aliphatic heterocycles. The average Bonchev–Trinajstić information content (AvgIpc) is 3.21. The van der Waals surface area contributed by atoms with Crippen LogP contribution in [0.25, 0.3) is 0 Å². The maximum atomic E-state index is 12.8. The van der Waals surface area contributed by atoms with Crippen LogP contribution in [-0.4, -0.2) is 33.2 Å². The molecule has 126 valence electrons. The molecule has 0 aliphatic carbocycles. The molecule has 3 rings (SSSR count). The van der Waals surface area contributed by atoms with Gasteiger partial charge < -0.3 is 10.2 Å². The molecule has 7 heteroatoms. The predicted octanol–water partition coefficient (Wildman–Crippen LogP) is 2.46. The minimum atomic E-state index is -0.104. The third-order valence-electron chi connectivity index (χ3n) is 4.03. The number of likely N-dealkylation sites (tertiary alicyclic amines) is 1. The molecule has 0 spiro atoms. The Balaban J connectivity index is 1.79. The molecule has 2 amide bonds. The first kappa shape index (κ1) is 16.6. The maximum absolute atomic E-state index is 12.8. The Bertz CT molecular complexity index is 759. The molecular weight excluding hydrogens is 324 g/mol. The summed E-state index contributed by atoms with van der Waals surface area (Å²) in [5, 5.41) is 2.72. The second-order valence-electron chi connectivity index (χ2n) is 5.91. The molecule has 1 fully saturated rings. The van der Waals surface area contributed by atoms with E-state index in [2.05, 4.69) is 15.3 Å². The van der Waals surface area contributed by atoms with E-state index in [-0.39, 0.29) is 17.9 Å². The number of hydrogen-bond acceptors (Lipinski definition) is 5. The summed E-state index contributed by atoms with van der Waals surface area (Å²) in [6.07, 6.45) is 5.20. The Labute approximate surface area is 144 Å². The van der Waals surface area contributed by atoms with Gasteiger partial charge in [0.05, 0.1) is 41.2 Å². The normalized spacial score (nSPS) is 17.1. The number of amides is 2. The van der Waals surface area contributed by atoms with Crippen molar-refractivity contribution in [1.82, 2.24) is 20.2 Å². The van der Waals surface area contributed by atoms with Crippen LogP contribution < -0.4 is 5.32 Å². The highest BCUT2D eigenvalue weighted by atomic mass is 32.1. The third-order valence-corrected chi connectivity index (χ3v) is 5.02. The van der Waals surface area contributed by atoms with Crippen LogP contribution in [0.1, 0.15) is 51.7 Å². The van der Waals surface area contributed by atoms with Gasteiger partial charge in [-0.2, -0.15) is 0 Å². The molecule has 1 unspecified atom stereocenters. The van der Waals surface area contributed by atoms with Crippen molar-refractivity contribution in [1.29, 1.82) is 0 Å². The minimum absolute atomic E-state index is 0.0512. The van der Waals surface area contributed by atoms with E-state index >= 15 is 0 Å². The fourth-order valence-electron chi connectivity index (χ4n) is 2.89. The molecule has 24 heavy (non-hydrogen) atoms. The first-order chi connectivity index (χ1) is 11.5. The number of carbonyl (C=O) groups is 2. The minimum Gasteiger partial charge on any atom is -0.351 e. The highest BCUT2D eigenvalue weighted by molar-refractivity contribution is 7.13. The van der Waals surface area contributed by atoms with E-state index in [1.54, 1.807) is 12.4 Å². The van der Waals surface area contributed by atoms with Crippen molar-refractivity contribution in [2.24, 2.45) is 0 Å². The summed E-state index contributed by atoms with van der Waals surface area (Å²) < 4.78 is 0. The van der Waals surface area contributed by atoms with Crippen LogP contribution in [0.2, 0.25) is 0 Å². The maximum Gasteiger partial charge on any atom is 0.264 e. The largest absolute Gasteiger partial charge is 0.351 e. The Kier molecular flexibility index (Phi) is 4.89. The van der Waals surface area contributed by atoms with Crippen molar-refractivity contribution < 1.29 is 9.59 Å². The van der Waals surface area contributed by atoms with Crippen molar-refractivity contribution in [2.75, 3.05) is 6.54 Å². The van der Waals surface area contributed by atoms with Crippen LogP contribution in [0.5, 0.6) is 0 Å². The smallest absolute Gasteiger partial charge is 0.264 e. The van der Waals surface area contributed by atoms with Crippen molar-refractivity contribution in [3.05, 3.63) is 45.7 Å². The molecule has 1 atom stereocenters. The molecule has 1 aliphatic rings.